The fourth-order valence-electron chi connectivity index (χ4n) is 2.39. The number of ether oxygens (including phenoxy) is 1. The molecule has 1 aromatic heterocycles. The van der Waals surface area contributed by atoms with Crippen LogP contribution in [-0.4, -0.2) is 39.9 Å². The Kier molecular flexibility index (Phi) is 5.33. The molecule has 8 heteroatoms. The van der Waals surface area contributed by atoms with E-state index in [9.17, 15) is 9.90 Å². The molecule has 0 radical (unpaired) electrons. The van der Waals surface area contributed by atoms with Crippen molar-refractivity contribution in [3.63, 3.8) is 0 Å². The first-order valence-electron chi connectivity index (χ1n) is 8.03. The number of aromatic hydroxyl groups is 1. The number of nitrogens with one attached hydrogen (secondary N) is 2. The summed E-state index contributed by atoms with van der Waals surface area (Å²) in [6.45, 7) is -0.0288. The lowest BCUT2D eigenvalue weighted by Gasteiger charge is -2.10. The normalized spacial score (nSPS) is 11.3. The largest absolute Gasteiger partial charge is 0.508 e. The van der Waals surface area contributed by atoms with Gasteiger partial charge in [-0.3, -0.25) is 0 Å². The number of nitrogens with zero attached hydrogens (tertiary/aromatic N) is 3. The first-order valence-corrected chi connectivity index (χ1v) is 8.03. The number of benzene rings is 2. The number of carbonyl (C=O) groups excluding carboxylic acids is 1. The van der Waals surface area contributed by atoms with E-state index in [2.05, 4.69) is 20.9 Å². The average Bonchev–Trinajstić information content (AvgIpc) is 3.10. The molecule has 2 aromatic carbocycles. The summed E-state index contributed by atoms with van der Waals surface area (Å²) < 4.78 is 6.56. The smallest absolute Gasteiger partial charge is 0.346 e. The van der Waals surface area contributed by atoms with E-state index in [1.54, 1.807) is 31.3 Å². The average molecular weight is 353 g/mol. The number of allylic oxidation sites excluding steroid dienone is 1. The van der Waals surface area contributed by atoms with Gasteiger partial charge in [0.15, 0.2) is 6.73 Å². The van der Waals surface area contributed by atoms with Crippen molar-refractivity contribution in [2.75, 3.05) is 13.8 Å². The number of phenolic OH excluding ortho intramolecular Hbond substituents is 1. The number of aromatic nitrogens is 3. The third kappa shape index (κ3) is 3.92. The number of rotatable bonds is 6. The molecule has 0 bridgehead atoms. The van der Waals surface area contributed by atoms with Gasteiger partial charge in [-0.1, -0.05) is 35.5 Å². The van der Waals surface area contributed by atoms with Crippen LogP contribution < -0.4 is 10.6 Å². The maximum absolute atomic E-state index is 12.2. The Labute approximate surface area is 150 Å². The van der Waals surface area contributed by atoms with Crippen LogP contribution in [0.25, 0.3) is 11.0 Å². The lowest BCUT2D eigenvalue weighted by molar-refractivity contribution is 0.200. The molecule has 0 saturated carbocycles. The first-order chi connectivity index (χ1) is 12.7. The Morgan fingerprint density at radius 1 is 1.23 bits per heavy atom. The van der Waals surface area contributed by atoms with E-state index in [1.165, 1.54) is 10.9 Å². The molecule has 1 heterocycles. The number of hydrogen-bond donors (Lipinski definition) is 3. The number of phenols is 1. The highest BCUT2D eigenvalue weighted by Crippen LogP contribution is 2.18. The van der Waals surface area contributed by atoms with Gasteiger partial charge in [0.2, 0.25) is 0 Å². The van der Waals surface area contributed by atoms with Crippen LogP contribution >= 0.6 is 0 Å². The minimum Gasteiger partial charge on any atom is -0.508 e. The molecule has 0 fully saturated rings. The van der Waals surface area contributed by atoms with Crippen molar-refractivity contribution in [2.24, 2.45) is 0 Å². The van der Waals surface area contributed by atoms with Gasteiger partial charge in [0.25, 0.3) is 0 Å². The monoisotopic (exact) mass is 353 g/mol. The van der Waals surface area contributed by atoms with E-state index in [4.69, 9.17) is 4.74 Å². The third-order valence-corrected chi connectivity index (χ3v) is 3.77. The molecule has 134 valence electrons. The standard InChI is InChI=1S/C18H19N5O3/c1-19-14(10-13-6-2-5-9-17(13)24)11-26-12-20-18(25)23-16-8-4-3-7-15(16)21-22-23/h2-9,11,19,24H,10,12H2,1H3,(H,20,25)/b14-11-. The minimum absolute atomic E-state index is 0.0288. The number of hydrogen-bond acceptors (Lipinski definition) is 6. The van der Waals surface area contributed by atoms with Gasteiger partial charge < -0.3 is 20.5 Å². The Morgan fingerprint density at radius 2 is 2.00 bits per heavy atom. The molecule has 0 unspecified atom stereocenters. The van der Waals surface area contributed by atoms with Gasteiger partial charge in [-0.25, -0.2) is 4.79 Å². The van der Waals surface area contributed by atoms with Crippen molar-refractivity contribution in [3.05, 3.63) is 66.1 Å². The molecule has 26 heavy (non-hydrogen) atoms. The quantitative estimate of drug-likeness (QED) is 0.356. The lowest BCUT2D eigenvalue weighted by atomic mass is 10.1. The summed E-state index contributed by atoms with van der Waals surface area (Å²) in [6, 6.07) is 13.8. The second-order valence-corrected chi connectivity index (χ2v) is 5.48. The highest BCUT2D eigenvalue weighted by atomic mass is 16.5. The predicted octanol–water partition coefficient (Wildman–Crippen LogP) is 1.97. The van der Waals surface area contributed by atoms with Gasteiger partial charge in [-0.05, 0) is 23.8 Å². The number of likely N-dealkylation sites (N-methyl/N-ethyl adjacent to an activating group) is 1. The van der Waals surface area contributed by atoms with Gasteiger partial charge in [0.1, 0.15) is 17.5 Å². The maximum Gasteiger partial charge on any atom is 0.346 e. The summed E-state index contributed by atoms with van der Waals surface area (Å²) in [5.41, 5.74) is 2.79. The molecule has 8 nitrogen and oxygen atoms in total. The molecule has 0 aliphatic carbocycles. The second kappa shape index (κ2) is 8.02. The lowest BCUT2D eigenvalue weighted by Crippen LogP contribution is -2.30. The second-order valence-electron chi connectivity index (χ2n) is 5.48. The van der Waals surface area contributed by atoms with Gasteiger partial charge in [0, 0.05) is 13.5 Å². The number of fused-ring (bicyclic) bond motifs is 1. The molecule has 3 rings (SSSR count). The molecule has 0 atom stereocenters. The number of amides is 1. The molecular formula is C18H19N5O3. The Morgan fingerprint density at radius 3 is 2.81 bits per heavy atom. The summed E-state index contributed by atoms with van der Waals surface area (Å²) in [5.74, 6) is 0.222. The van der Waals surface area contributed by atoms with Crippen molar-refractivity contribution < 1.29 is 14.6 Å². The minimum atomic E-state index is -0.432. The van der Waals surface area contributed by atoms with E-state index < -0.39 is 6.03 Å². The van der Waals surface area contributed by atoms with Crippen LogP contribution in [0.2, 0.25) is 0 Å². The zero-order valence-corrected chi connectivity index (χ0v) is 14.2. The maximum atomic E-state index is 12.2. The third-order valence-electron chi connectivity index (χ3n) is 3.77. The Bertz CT molecular complexity index is 935. The molecule has 0 aliphatic heterocycles. The highest BCUT2D eigenvalue weighted by Gasteiger charge is 2.10. The molecule has 0 saturated heterocycles. The number of para-hydroxylation sites is 2. The van der Waals surface area contributed by atoms with Gasteiger partial charge in [-0.2, -0.15) is 4.68 Å². The summed E-state index contributed by atoms with van der Waals surface area (Å²) in [7, 11) is 1.76. The topological polar surface area (TPSA) is 101 Å². The molecular weight excluding hydrogens is 334 g/mol. The predicted molar refractivity (Wildman–Crippen MR) is 96.4 cm³/mol. The van der Waals surface area contributed by atoms with Crippen LogP contribution in [0.1, 0.15) is 5.56 Å². The Balaban J connectivity index is 1.55. The van der Waals surface area contributed by atoms with E-state index >= 15 is 0 Å². The molecule has 3 aromatic rings. The zero-order valence-electron chi connectivity index (χ0n) is 14.2. The fraction of sp³-hybridized carbons (Fsp3) is 0.167. The van der Waals surface area contributed by atoms with Crippen LogP contribution in [0, 0.1) is 0 Å². The van der Waals surface area contributed by atoms with Gasteiger partial charge >= 0.3 is 6.03 Å². The Hall–Kier alpha value is -3.55. The van der Waals surface area contributed by atoms with Crippen molar-refractivity contribution in [1.29, 1.82) is 0 Å². The summed E-state index contributed by atoms with van der Waals surface area (Å²) >= 11 is 0. The van der Waals surface area contributed by atoms with Gasteiger partial charge in [0.05, 0.1) is 11.2 Å². The number of carbonyl (C=O) groups is 1. The SMILES string of the molecule is CN/C(=C\OCNC(=O)n1nnc2ccccc21)Cc1ccccc1O. The van der Waals surface area contributed by atoms with Crippen LogP contribution in [0.5, 0.6) is 5.75 Å². The highest BCUT2D eigenvalue weighted by molar-refractivity contribution is 5.87. The van der Waals surface area contributed by atoms with Crippen molar-refractivity contribution in [3.8, 4) is 5.75 Å². The summed E-state index contributed by atoms with van der Waals surface area (Å²) in [5, 5.41) is 23.2. The molecule has 0 aliphatic rings. The van der Waals surface area contributed by atoms with Crippen molar-refractivity contribution in [1.82, 2.24) is 25.6 Å². The van der Waals surface area contributed by atoms with Crippen molar-refractivity contribution >= 4 is 17.1 Å². The molecule has 1 amide bonds. The molecule has 3 N–H and O–H groups in total. The van der Waals surface area contributed by atoms with E-state index in [0.717, 1.165) is 11.3 Å². The van der Waals surface area contributed by atoms with Crippen LogP contribution in [0.15, 0.2) is 60.5 Å². The summed E-state index contributed by atoms with van der Waals surface area (Å²) in [6.07, 6.45) is 1.98. The fourth-order valence-corrected chi connectivity index (χ4v) is 2.39. The van der Waals surface area contributed by atoms with E-state index in [1.807, 2.05) is 24.3 Å². The summed E-state index contributed by atoms with van der Waals surface area (Å²) in [4.78, 5) is 12.2. The van der Waals surface area contributed by atoms with Gasteiger partial charge in [-0.15, -0.1) is 5.10 Å². The van der Waals surface area contributed by atoms with Crippen LogP contribution in [-0.2, 0) is 11.2 Å². The van der Waals surface area contributed by atoms with Crippen LogP contribution in [0.3, 0.4) is 0 Å². The van der Waals surface area contributed by atoms with E-state index in [-0.39, 0.29) is 12.5 Å². The van der Waals surface area contributed by atoms with E-state index in [0.29, 0.717) is 17.5 Å². The first kappa shape index (κ1) is 17.3. The van der Waals surface area contributed by atoms with Crippen LogP contribution in [0.4, 0.5) is 4.79 Å². The zero-order chi connectivity index (χ0) is 18.4. The van der Waals surface area contributed by atoms with Crippen molar-refractivity contribution in [2.45, 2.75) is 6.42 Å². The molecule has 0 spiro atoms.